The number of aryl methyl sites for hydroxylation is 2. The molecule has 22 rings (SSSR count). The van der Waals surface area contributed by atoms with Crippen molar-refractivity contribution in [3.05, 3.63) is 472 Å². The molecular weight excluding hydrogens is 1450 g/mol. The van der Waals surface area contributed by atoms with Gasteiger partial charge in [-0.05, 0) is 274 Å². The van der Waals surface area contributed by atoms with Crippen LogP contribution in [0.1, 0.15) is 11.1 Å². The van der Waals surface area contributed by atoms with Crippen LogP contribution in [0.15, 0.2) is 461 Å². The van der Waals surface area contributed by atoms with E-state index in [1.54, 1.807) is 0 Å². The minimum Gasteiger partial charge on any atom is -0.310 e. The Morgan fingerprint density at radius 3 is 0.758 bits per heavy atom. The molecule has 0 fully saturated rings. The van der Waals surface area contributed by atoms with Gasteiger partial charge in [0.25, 0.3) is 0 Å². The third kappa shape index (κ3) is 13.4. The van der Waals surface area contributed by atoms with E-state index in [4.69, 9.17) is 0 Å². The topological polar surface area (TPSA) is 6.48 Å². The molecule has 22 aromatic rings. The lowest BCUT2D eigenvalue weighted by molar-refractivity contribution is 1.27. The summed E-state index contributed by atoms with van der Waals surface area (Å²) < 4.78 is 0. The van der Waals surface area contributed by atoms with Crippen molar-refractivity contribution in [2.24, 2.45) is 0 Å². The van der Waals surface area contributed by atoms with Crippen molar-refractivity contribution in [3.8, 4) is 89.0 Å². The molecular formula is C118H82N2. The summed E-state index contributed by atoms with van der Waals surface area (Å²) in [6.45, 7) is 4.29. The van der Waals surface area contributed by atoms with Gasteiger partial charge in [-0.3, -0.25) is 0 Å². The van der Waals surface area contributed by atoms with Crippen LogP contribution in [0.5, 0.6) is 0 Å². The summed E-state index contributed by atoms with van der Waals surface area (Å²) in [5, 5.41) is 19.8. The van der Waals surface area contributed by atoms with Crippen LogP contribution in [0, 0.1) is 13.8 Å². The van der Waals surface area contributed by atoms with Crippen LogP contribution in [0.2, 0.25) is 0 Å². The zero-order valence-corrected chi connectivity index (χ0v) is 66.8. The van der Waals surface area contributed by atoms with Gasteiger partial charge in [0, 0.05) is 34.1 Å². The van der Waals surface area contributed by atoms with Crippen LogP contribution in [0.25, 0.3) is 175 Å². The molecule has 2 heteroatoms. The van der Waals surface area contributed by atoms with Crippen molar-refractivity contribution in [2.45, 2.75) is 13.8 Å². The first-order valence-electron chi connectivity index (χ1n) is 41.5. The largest absolute Gasteiger partial charge is 0.310 e. The van der Waals surface area contributed by atoms with Gasteiger partial charge < -0.3 is 9.80 Å². The molecule has 0 N–H and O–H groups in total. The molecule has 0 atom stereocenters. The lowest BCUT2D eigenvalue weighted by Gasteiger charge is -2.27. The Balaban J connectivity index is 0.000000149. The van der Waals surface area contributed by atoms with Crippen molar-refractivity contribution in [3.63, 3.8) is 0 Å². The molecule has 2 nitrogen and oxygen atoms in total. The highest BCUT2D eigenvalue weighted by Gasteiger charge is 2.27. The van der Waals surface area contributed by atoms with Crippen molar-refractivity contribution in [1.82, 2.24) is 0 Å². The normalized spacial score (nSPS) is 11.4. The van der Waals surface area contributed by atoms with Gasteiger partial charge in [-0.25, -0.2) is 0 Å². The maximum Gasteiger partial charge on any atom is 0.0468 e. The third-order valence-electron chi connectivity index (χ3n) is 24.2. The van der Waals surface area contributed by atoms with Gasteiger partial charge in [0.1, 0.15) is 0 Å². The first-order valence-corrected chi connectivity index (χ1v) is 41.5. The summed E-state index contributed by atoms with van der Waals surface area (Å²) in [5.41, 5.74) is 28.6. The second-order valence-electron chi connectivity index (χ2n) is 31.5. The van der Waals surface area contributed by atoms with Crippen molar-refractivity contribution in [1.29, 1.82) is 0 Å². The van der Waals surface area contributed by atoms with Gasteiger partial charge in [-0.1, -0.05) is 387 Å². The summed E-state index contributed by atoms with van der Waals surface area (Å²) in [7, 11) is 0. The quantitative estimate of drug-likeness (QED) is 0.100. The molecule has 0 heterocycles. The molecule has 0 aliphatic carbocycles. The van der Waals surface area contributed by atoms with Crippen molar-refractivity contribution >= 4 is 120 Å². The van der Waals surface area contributed by atoms with E-state index in [0.29, 0.717) is 0 Å². The Morgan fingerprint density at radius 1 is 0.142 bits per heavy atom. The van der Waals surface area contributed by atoms with Crippen LogP contribution in [0.4, 0.5) is 34.1 Å². The summed E-state index contributed by atoms with van der Waals surface area (Å²) in [6, 6.07) is 169. The van der Waals surface area contributed by atoms with Crippen LogP contribution in [-0.2, 0) is 0 Å². The van der Waals surface area contributed by atoms with E-state index in [0.717, 1.165) is 34.1 Å². The number of hydrogen-bond acceptors (Lipinski definition) is 2. The van der Waals surface area contributed by atoms with Crippen molar-refractivity contribution < 1.29 is 0 Å². The van der Waals surface area contributed by atoms with Gasteiger partial charge in [0.05, 0.1) is 0 Å². The summed E-state index contributed by atoms with van der Waals surface area (Å²) in [5.74, 6) is 0. The Bertz CT molecular complexity index is 7460. The van der Waals surface area contributed by atoms with Gasteiger partial charge in [-0.15, -0.1) is 0 Å². The van der Waals surface area contributed by atoms with E-state index in [1.807, 2.05) is 0 Å². The number of nitrogens with zero attached hydrogens (tertiary/aromatic N) is 2. The highest BCUT2D eigenvalue weighted by molar-refractivity contribution is 6.35. The van der Waals surface area contributed by atoms with Gasteiger partial charge in [0.15, 0.2) is 0 Å². The van der Waals surface area contributed by atoms with E-state index >= 15 is 0 Å². The number of fused-ring (bicyclic) bond motifs is 14. The first-order chi connectivity index (χ1) is 59.3. The monoisotopic (exact) mass is 1530 g/mol. The molecule has 0 saturated carbocycles. The predicted octanol–water partition coefficient (Wildman–Crippen LogP) is 33.5. The van der Waals surface area contributed by atoms with Gasteiger partial charge in [-0.2, -0.15) is 0 Å². The number of hydrogen-bond donors (Lipinski definition) is 0. The van der Waals surface area contributed by atoms with Crippen LogP contribution >= 0.6 is 0 Å². The standard InChI is InChI=1S/C62H41N.C56H41N/c1-4-16-42(17-5-1)45-28-30-47(31-29-45)57-41-58(46-20-6-2-7-21-46)61-55-27-15-14-26-54(55)59-40-53(36-37-56(59)62(61)60(57)48-22-8-3-9-23-48)63(51-34-32-43-18-10-12-24-49(43)38-51)52-35-33-44-19-11-13-25-50(44)39-52;1-38-22-30-45(31-23-38)57(46-32-24-39(2)25-33-46)47-34-35-50-53(36-47)48-20-12-13-21-49(48)55-52(42-16-8-4-9-17-42)37-51(54(56(50)55)44-18-10-5-11-19-44)43-28-26-41(27-29-43)40-14-6-3-7-15-40/h1-41H;3-37H,1-2H3. The third-order valence-corrected chi connectivity index (χ3v) is 24.2. The van der Waals surface area contributed by atoms with E-state index < -0.39 is 0 Å². The minimum atomic E-state index is 1.11. The van der Waals surface area contributed by atoms with Gasteiger partial charge in [0.2, 0.25) is 0 Å². The molecule has 0 spiro atoms. The van der Waals surface area contributed by atoms with Crippen LogP contribution in [-0.4, -0.2) is 0 Å². The SMILES string of the molecule is Cc1ccc(N(c2ccc(C)cc2)c2ccc3c(c2)c2ccccc2c2c(-c4ccccc4)cc(-c4ccc(-c5ccccc5)cc4)c(-c4ccccc4)c32)cc1.c1ccc(-c2ccc(-c3cc(-c4ccccc4)c4c5ccccc5c5cc(N(c6ccc7ccccc7c6)c6ccc7ccccc7c6)ccc5c4c3-c3ccccc3)cc2)cc1. The number of rotatable bonds is 14. The highest BCUT2D eigenvalue weighted by Crippen LogP contribution is 2.54. The molecule has 0 aliphatic heterocycles. The fourth-order valence-corrected chi connectivity index (χ4v) is 18.4. The lowest BCUT2D eigenvalue weighted by atomic mass is 9.81. The summed E-state index contributed by atoms with van der Waals surface area (Å²) >= 11 is 0. The maximum atomic E-state index is 2.45. The Labute approximate surface area is 700 Å². The molecule has 0 aromatic heterocycles. The summed E-state index contributed by atoms with van der Waals surface area (Å²) in [4.78, 5) is 4.81. The Morgan fingerprint density at radius 2 is 0.392 bits per heavy atom. The van der Waals surface area contributed by atoms with E-state index in [2.05, 4.69) is 485 Å². The average Bonchev–Trinajstić information content (AvgIpc) is 0.772. The molecule has 22 aromatic carbocycles. The minimum absolute atomic E-state index is 1.11. The second-order valence-corrected chi connectivity index (χ2v) is 31.5. The molecule has 0 aliphatic rings. The molecule has 120 heavy (non-hydrogen) atoms. The fraction of sp³-hybridized carbons (Fsp3) is 0.0169. The first kappa shape index (κ1) is 72.2. The van der Waals surface area contributed by atoms with Crippen molar-refractivity contribution in [2.75, 3.05) is 9.80 Å². The molecule has 0 saturated heterocycles. The molecule has 0 radical (unpaired) electrons. The number of benzene rings is 22. The van der Waals surface area contributed by atoms with E-state index in [1.165, 1.54) is 186 Å². The highest BCUT2D eigenvalue weighted by atomic mass is 15.1. The maximum absolute atomic E-state index is 2.45. The Hall–Kier alpha value is -15.5. The second kappa shape index (κ2) is 31.3. The van der Waals surface area contributed by atoms with Crippen LogP contribution in [0.3, 0.4) is 0 Å². The molecule has 0 unspecified atom stereocenters. The van der Waals surface area contributed by atoms with E-state index in [-0.39, 0.29) is 0 Å². The molecule has 564 valence electrons. The van der Waals surface area contributed by atoms with Gasteiger partial charge >= 0.3 is 0 Å². The molecule has 0 amide bonds. The molecule has 0 bridgehead atoms. The summed E-state index contributed by atoms with van der Waals surface area (Å²) in [6.07, 6.45) is 0. The zero-order valence-electron chi connectivity index (χ0n) is 66.8. The lowest BCUT2D eigenvalue weighted by Crippen LogP contribution is -2.10. The van der Waals surface area contributed by atoms with Crippen LogP contribution < -0.4 is 9.80 Å². The average molecular weight is 1530 g/mol. The number of anilines is 6. The zero-order chi connectivity index (χ0) is 80.0. The predicted molar refractivity (Wildman–Crippen MR) is 515 cm³/mol. The van der Waals surface area contributed by atoms with E-state index in [9.17, 15) is 0 Å². The fourth-order valence-electron chi connectivity index (χ4n) is 18.4. The Kier molecular flexibility index (Phi) is 18.8. The smallest absolute Gasteiger partial charge is 0.0468 e.